The monoisotopic (exact) mass is 463 g/mol. The number of rotatable bonds is 5. The highest BCUT2D eigenvalue weighted by Gasteiger charge is 2.19. The normalized spacial score (nSPS) is 14.3. The second kappa shape index (κ2) is 8.95. The van der Waals surface area contributed by atoms with Crippen molar-refractivity contribution in [1.29, 1.82) is 0 Å². The van der Waals surface area contributed by atoms with Gasteiger partial charge in [-0.25, -0.2) is 4.98 Å². The summed E-state index contributed by atoms with van der Waals surface area (Å²) >= 11 is 8.72. The van der Waals surface area contributed by atoms with Gasteiger partial charge in [-0.05, 0) is 43.9 Å². The number of hydrogen-bond donors (Lipinski definition) is 1. The van der Waals surface area contributed by atoms with Crippen LogP contribution in [0.15, 0.2) is 28.2 Å². The minimum absolute atomic E-state index is 0.125. The van der Waals surface area contributed by atoms with Crippen LogP contribution in [0.5, 0.6) is 0 Å². The molecule has 7 nitrogen and oxygen atoms in total. The van der Waals surface area contributed by atoms with Gasteiger partial charge in [0.1, 0.15) is 4.70 Å². The smallest absolute Gasteiger partial charge is 0.273 e. The van der Waals surface area contributed by atoms with E-state index in [-0.39, 0.29) is 17.2 Å². The number of thiazole rings is 1. The van der Waals surface area contributed by atoms with Crippen LogP contribution in [0, 0.1) is 6.92 Å². The van der Waals surface area contributed by atoms with Gasteiger partial charge in [-0.2, -0.15) is 4.98 Å². The number of carbonyl (C=O) groups excluding carboxylic acids is 1. The van der Waals surface area contributed by atoms with E-state index in [4.69, 9.17) is 11.6 Å². The molecule has 3 aromatic rings. The topological polar surface area (TPSA) is 80.1 Å². The van der Waals surface area contributed by atoms with Crippen molar-refractivity contribution in [2.75, 3.05) is 29.1 Å². The first-order valence-electron chi connectivity index (χ1n) is 9.73. The minimum Gasteiger partial charge on any atom is -0.348 e. The standard InChI is InChI=1S/C20H22ClN5O2S2/c1-12-6-7-13(10-14(12)21)22-15(27)11-29-19-23-17-16(18(28)25(19)2)30-20(24-17)26-8-4-3-5-9-26/h6-7,10H,3-5,8-9,11H2,1-2H3,(H,22,27). The van der Waals surface area contributed by atoms with E-state index in [1.807, 2.05) is 13.0 Å². The molecule has 1 aromatic carbocycles. The quantitative estimate of drug-likeness (QED) is 0.453. The average Bonchev–Trinajstić information content (AvgIpc) is 3.17. The van der Waals surface area contributed by atoms with Gasteiger partial charge in [-0.15, -0.1) is 0 Å². The SMILES string of the molecule is Cc1ccc(NC(=O)CSc2nc3nc(N4CCCCC4)sc3c(=O)n2C)cc1Cl. The van der Waals surface area contributed by atoms with Gasteiger partial charge in [0.25, 0.3) is 5.56 Å². The molecule has 0 radical (unpaired) electrons. The summed E-state index contributed by atoms with van der Waals surface area (Å²) in [4.78, 5) is 36.5. The van der Waals surface area contributed by atoms with Gasteiger partial charge in [-0.3, -0.25) is 14.2 Å². The third kappa shape index (κ3) is 4.48. The number of anilines is 2. The van der Waals surface area contributed by atoms with Crippen LogP contribution in [0.25, 0.3) is 10.3 Å². The molecule has 0 bridgehead atoms. The Morgan fingerprint density at radius 1 is 1.27 bits per heavy atom. The lowest BCUT2D eigenvalue weighted by Crippen LogP contribution is -2.29. The molecule has 4 rings (SSSR count). The molecule has 1 aliphatic rings. The fourth-order valence-electron chi connectivity index (χ4n) is 3.27. The summed E-state index contributed by atoms with van der Waals surface area (Å²) in [6, 6.07) is 5.38. The maximum atomic E-state index is 12.8. The molecule has 0 atom stereocenters. The fraction of sp³-hybridized carbons (Fsp3) is 0.400. The number of thioether (sulfide) groups is 1. The van der Waals surface area contributed by atoms with E-state index in [1.54, 1.807) is 19.2 Å². The van der Waals surface area contributed by atoms with Crippen molar-refractivity contribution in [2.24, 2.45) is 7.05 Å². The first-order chi connectivity index (χ1) is 14.4. The number of nitrogens with zero attached hydrogens (tertiary/aromatic N) is 4. The van der Waals surface area contributed by atoms with Crippen LogP contribution in [-0.4, -0.2) is 39.3 Å². The maximum Gasteiger partial charge on any atom is 0.273 e. The highest BCUT2D eigenvalue weighted by Crippen LogP contribution is 2.29. The molecule has 0 spiro atoms. The number of hydrogen-bond acceptors (Lipinski definition) is 7. The van der Waals surface area contributed by atoms with Crippen LogP contribution in [0.3, 0.4) is 0 Å². The molecule has 0 saturated carbocycles. The molecule has 1 fully saturated rings. The Morgan fingerprint density at radius 2 is 2.03 bits per heavy atom. The number of aryl methyl sites for hydroxylation is 1. The van der Waals surface area contributed by atoms with Crippen molar-refractivity contribution in [3.8, 4) is 0 Å². The molecular formula is C20H22ClN5O2S2. The van der Waals surface area contributed by atoms with E-state index >= 15 is 0 Å². The van der Waals surface area contributed by atoms with Gasteiger partial charge >= 0.3 is 0 Å². The second-order valence-corrected chi connectivity index (χ2v) is 9.58. The fourth-order valence-corrected chi connectivity index (χ4v) is 5.24. The summed E-state index contributed by atoms with van der Waals surface area (Å²) in [5, 5.41) is 4.74. The van der Waals surface area contributed by atoms with E-state index in [9.17, 15) is 9.59 Å². The van der Waals surface area contributed by atoms with Gasteiger partial charge in [0.2, 0.25) is 5.91 Å². The van der Waals surface area contributed by atoms with Crippen molar-refractivity contribution >= 4 is 61.8 Å². The number of nitrogens with one attached hydrogen (secondary N) is 1. The molecule has 30 heavy (non-hydrogen) atoms. The number of aromatic nitrogens is 3. The van der Waals surface area contributed by atoms with Crippen LogP contribution in [-0.2, 0) is 11.8 Å². The van der Waals surface area contributed by atoms with Crippen molar-refractivity contribution < 1.29 is 4.79 Å². The molecule has 158 valence electrons. The predicted molar refractivity (Wildman–Crippen MR) is 124 cm³/mol. The minimum atomic E-state index is -0.193. The lowest BCUT2D eigenvalue weighted by Gasteiger charge is -2.25. The van der Waals surface area contributed by atoms with E-state index in [0.29, 0.717) is 26.2 Å². The Morgan fingerprint density at radius 3 is 2.77 bits per heavy atom. The summed E-state index contributed by atoms with van der Waals surface area (Å²) in [5.41, 5.74) is 1.91. The summed E-state index contributed by atoms with van der Waals surface area (Å²) in [6.45, 7) is 3.83. The van der Waals surface area contributed by atoms with Gasteiger partial charge in [0.05, 0.1) is 5.75 Å². The molecule has 1 saturated heterocycles. The Hall–Kier alpha value is -2.10. The van der Waals surface area contributed by atoms with Crippen LogP contribution in [0.1, 0.15) is 24.8 Å². The first kappa shape index (κ1) is 21.1. The van der Waals surface area contributed by atoms with Crippen molar-refractivity contribution in [1.82, 2.24) is 14.5 Å². The van der Waals surface area contributed by atoms with Crippen molar-refractivity contribution in [3.05, 3.63) is 39.1 Å². The number of piperidine rings is 1. The van der Waals surface area contributed by atoms with E-state index in [2.05, 4.69) is 20.2 Å². The molecule has 1 amide bonds. The summed E-state index contributed by atoms with van der Waals surface area (Å²) in [7, 11) is 1.68. The Bertz CT molecular complexity index is 1150. The zero-order valence-corrected chi connectivity index (χ0v) is 19.2. The van der Waals surface area contributed by atoms with E-state index < -0.39 is 0 Å². The molecule has 0 unspecified atom stereocenters. The molecule has 0 aliphatic carbocycles. The highest BCUT2D eigenvalue weighted by atomic mass is 35.5. The average molecular weight is 464 g/mol. The third-order valence-corrected chi connectivity index (χ3v) is 7.53. The predicted octanol–water partition coefficient (Wildman–Crippen LogP) is 4.07. The zero-order valence-electron chi connectivity index (χ0n) is 16.8. The molecule has 3 heterocycles. The summed E-state index contributed by atoms with van der Waals surface area (Å²) < 4.78 is 2.04. The number of halogens is 1. The lowest BCUT2D eigenvalue weighted by molar-refractivity contribution is -0.113. The number of benzene rings is 1. The van der Waals surface area contributed by atoms with Crippen LogP contribution >= 0.6 is 34.7 Å². The Balaban J connectivity index is 1.49. The molecule has 1 N–H and O–H groups in total. The van der Waals surface area contributed by atoms with Crippen molar-refractivity contribution in [3.63, 3.8) is 0 Å². The molecular weight excluding hydrogens is 442 g/mol. The van der Waals surface area contributed by atoms with E-state index in [1.165, 1.54) is 34.1 Å². The number of amides is 1. The highest BCUT2D eigenvalue weighted by molar-refractivity contribution is 7.99. The van der Waals surface area contributed by atoms with Gasteiger partial charge in [0.15, 0.2) is 15.9 Å². The van der Waals surface area contributed by atoms with Crippen LogP contribution in [0.2, 0.25) is 5.02 Å². The Kier molecular flexibility index (Phi) is 6.31. The number of carbonyl (C=O) groups is 1. The maximum absolute atomic E-state index is 12.8. The third-order valence-electron chi connectivity index (χ3n) is 5.00. The molecule has 2 aromatic heterocycles. The van der Waals surface area contributed by atoms with Gasteiger partial charge < -0.3 is 10.2 Å². The largest absolute Gasteiger partial charge is 0.348 e. The van der Waals surface area contributed by atoms with E-state index in [0.717, 1.165) is 36.6 Å². The summed E-state index contributed by atoms with van der Waals surface area (Å²) in [6.07, 6.45) is 3.52. The van der Waals surface area contributed by atoms with Gasteiger partial charge in [-0.1, -0.05) is 40.8 Å². The molecule has 1 aliphatic heterocycles. The van der Waals surface area contributed by atoms with Crippen molar-refractivity contribution in [2.45, 2.75) is 31.3 Å². The first-order valence-corrected chi connectivity index (χ1v) is 11.9. The van der Waals surface area contributed by atoms with Crippen LogP contribution < -0.4 is 15.8 Å². The molecule has 10 heteroatoms. The van der Waals surface area contributed by atoms with Gasteiger partial charge in [0, 0.05) is 30.8 Å². The lowest BCUT2D eigenvalue weighted by atomic mass is 10.1. The summed E-state index contributed by atoms with van der Waals surface area (Å²) in [5.74, 6) is -0.0676. The number of fused-ring (bicyclic) bond motifs is 1. The zero-order chi connectivity index (χ0) is 21.3. The van der Waals surface area contributed by atoms with Crippen LogP contribution in [0.4, 0.5) is 10.8 Å². The second-order valence-electron chi connectivity index (χ2n) is 7.26. The Labute approximate surface area is 187 Å².